The maximum Gasteiger partial charge on any atom is 0.251 e. The van der Waals surface area contributed by atoms with E-state index in [0.717, 1.165) is 16.7 Å². The Morgan fingerprint density at radius 1 is 1.24 bits per heavy atom. The van der Waals surface area contributed by atoms with Crippen LogP contribution in [0, 0.1) is 13.8 Å². The van der Waals surface area contributed by atoms with Crippen LogP contribution in [0.2, 0.25) is 0 Å². The molecule has 5 heteroatoms. The molecule has 0 bridgehead atoms. The fourth-order valence-corrected chi connectivity index (χ4v) is 3.21. The van der Waals surface area contributed by atoms with Crippen LogP contribution in [0.15, 0.2) is 47.4 Å². The van der Waals surface area contributed by atoms with Crippen molar-refractivity contribution in [1.82, 2.24) is 9.47 Å². The molecule has 1 fully saturated rings. The summed E-state index contributed by atoms with van der Waals surface area (Å²) in [4.78, 5) is 26.7. The van der Waals surface area contributed by atoms with Crippen LogP contribution >= 0.6 is 0 Å². The number of morpholine rings is 1. The summed E-state index contributed by atoms with van der Waals surface area (Å²) in [5, 5.41) is 0. The Hall–Kier alpha value is -2.40. The van der Waals surface area contributed by atoms with Gasteiger partial charge in [-0.1, -0.05) is 24.3 Å². The first kappa shape index (κ1) is 17.4. The second-order valence-electron chi connectivity index (χ2n) is 6.74. The Kier molecular flexibility index (Phi) is 5.04. The van der Waals surface area contributed by atoms with Crippen molar-refractivity contribution in [2.24, 2.45) is 0 Å². The molecule has 5 nitrogen and oxygen atoms in total. The van der Waals surface area contributed by atoms with E-state index in [2.05, 4.69) is 13.0 Å². The van der Waals surface area contributed by atoms with Crippen molar-refractivity contribution in [3.63, 3.8) is 0 Å². The molecule has 0 saturated carbocycles. The number of nitrogens with zero attached hydrogens (tertiary/aromatic N) is 2. The van der Waals surface area contributed by atoms with Gasteiger partial charge in [0.25, 0.3) is 5.56 Å². The minimum absolute atomic E-state index is 0.00563. The number of carbonyl (C=O) groups is 1. The topological polar surface area (TPSA) is 51.5 Å². The maximum absolute atomic E-state index is 12.8. The second kappa shape index (κ2) is 7.23. The third kappa shape index (κ3) is 3.82. The molecule has 25 heavy (non-hydrogen) atoms. The van der Waals surface area contributed by atoms with Gasteiger partial charge < -0.3 is 14.2 Å². The summed E-state index contributed by atoms with van der Waals surface area (Å²) < 4.78 is 7.42. The third-order valence-electron chi connectivity index (χ3n) is 4.75. The summed E-state index contributed by atoms with van der Waals surface area (Å²) >= 11 is 0. The van der Waals surface area contributed by atoms with Crippen LogP contribution in [0.25, 0.3) is 0 Å². The van der Waals surface area contributed by atoms with Gasteiger partial charge in [0.2, 0.25) is 5.91 Å². The predicted octanol–water partition coefficient (Wildman–Crippen LogP) is 2.45. The molecule has 0 N–H and O–H groups in total. The summed E-state index contributed by atoms with van der Waals surface area (Å²) in [7, 11) is 0. The van der Waals surface area contributed by atoms with Gasteiger partial charge in [-0.15, -0.1) is 0 Å². The molecular formula is C20H24N2O3. The number of hydrogen-bond donors (Lipinski definition) is 0. The summed E-state index contributed by atoms with van der Waals surface area (Å²) in [6.45, 7) is 6.95. The summed E-state index contributed by atoms with van der Waals surface area (Å²) in [6.07, 6.45) is 1.55. The largest absolute Gasteiger partial charge is 0.370 e. The number of pyridine rings is 1. The Bertz CT molecular complexity index is 828. The van der Waals surface area contributed by atoms with Crippen LogP contribution in [0.5, 0.6) is 0 Å². The number of benzene rings is 1. The van der Waals surface area contributed by atoms with E-state index < -0.39 is 0 Å². The quantitative estimate of drug-likeness (QED) is 0.862. The molecule has 1 amide bonds. The Balaban J connectivity index is 1.76. The molecule has 3 rings (SSSR count). The zero-order chi connectivity index (χ0) is 18.0. The lowest BCUT2D eigenvalue weighted by Crippen LogP contribution is -2.50. The average molecular weight is 340 g/mol. The van der Waals surface area contributed by atoms with Crippen molar-refractivity contribution < 1.29 is 9.53 Å². The van der Waals surface area contributed by atoms with E-state index in [0.29, 0.717) is 13.2 Å². The first-order valence-electron chi connectivity index (χ1n) is 8.59. The molecule has 0 radical (unpaired) electrons. The highest BCUT2D eigenvalue weighted by molar-refractivity contribution is 5.76. The number of aryl methyl sites for hydroxylation is 2. The van der Waals surface area contributed by atoms with E-state index in [4.69, 9.17) is 4.74 Å². The van der Waals surface area contributed by atoms with Crippen LogP contribution in [0.4, 0.5) is 0 Å². The summed E-state index contributed by atoms with van der Waals surface area (Å²) in [5.74, 6) is -0.0552. The SMILES string of the molecule is Cc1ccn(CC(=O)N2C[C@H](c3ccccc3C)OC[C@H]2C)c(=O)c1. The minimum atomic E-state index is -0.148. The van der Waals surface area contributed by atoms with Crippen LogP contribution in [-0.4, -0.2) is 34.6 Å². The highest BCUT2D eigenvalue weighted by Crippen LogP contribution is 2.27. The lowest BCUT2D eigenvalue weighted by atomic mass is 10.0. The second-order valence-corrected chi connectivity index (χ2v) is 6.74. The number of ether oxygens (including phenoxy) is 1. The molecule has 0 aliphatic carbocycles. The van der Waals surface area contributed by atoms with Gasteiger partial charge in [0.05, 0.1) is 19.2 Å². The van der Waals surface area contributed by atoms with Crippen LogP contribution in [0.1, 0.15) is 29.7 Å². The number of rotatable bonds is 3. The first-order chi connectivity index (χ1) is 12.0. The molecule has 1 aromatic carbocycles. The number of aromatic nitrogens is 1. The van der Waals surface area contributed by atoms with Crippen LogP contribution in [-0.2, 0) is 16.1 Å². The van der Waals surface area contributed by atoms with E-state index in [-0.39, 0.29) is 30.2 Å². The molecule has 2 heterocycles. The van der Waals surface area contributed by atoms with Crippen LogP contribution < -0.4 is 5.56 Å². The Morgan fingerprint density at radius 3 is 2.72 bits per heavy atom. The normalized spacial score (nSPS) is 20.5. The van der Waals surface area contributed by atoms with Crippen molar-refractivity contribution in [3.8, 4) is 0 Å². The van der Waals surface area contributed by atoms with E-state index in [9.17, 15) is 9.59 Å². The first-order valence-corrected chi connectivity index (χ1v) is 8.59. The van der Waals surface area contributed by atoms with Crippen molar-refractivity contribution in [2.45, 2.75) is 39.5 Å². The standard InChI is InChI=1S/C20H24N2O3/c1-14-8-9-21(19(23)10-14)12-20(24)22-11-18(25-13-16(22)3)17-7-5-4-6-15(17)2/h4-10,16,18H,11-13H2,1-3H3/t16-,18-/m1/s1. The molecule has 2 aromatic rings. The molecule has 0 spiro atoms. The van der Waals surface area contributed by atoms with E-state index >= 15 is 0 Å². The average Bonchev–Trinajstić information content (AvgIpc) is 2.58. The zero-order valence-electron chi connectivity index (χ0n) is 14.9. The minimum Gasteiger partial charge on any atom is -0.370 e. The Labute approximate surface area is 147 Å². The van der Waals surface area contributed by atoms with Crippen molar-refractivity contribution in [3.05, 3.63) is 69.6 Å². The van der Waals surface area contributed by atoms with Crippen molar-refractivity contribution >= 4 is 5.91 Å². The van der Waals surface area contributed by atoms with Gasteiger partial charge in [-0.25, -0.2) is 0 Å². The number of amides is 1. The van der Waals surface area contributed by atoms with Gasteiger partial charge in [-0.05, 0) is 43.5 Å². The van der Waals surface area contributed by atoms with Gasteiger partial charge in [0.15, 0.2) is 0 Å². The third-order valence-corrected chi connectivity index (χ3v) is 4.75. The molecular weight excluding hydrogens is 316 g/mol. The zero-order valence-corrected chi connectivity index (χ0v) is 14.9. The molecule has 2 atom stereocenters. The lowest BCUT2D eigenvalue weighted by molar-refractivity contribution is -0.145. The predicted molar refractivity (Wildman–Crippen MR) is 96.5 cm³/mol. The van der Waals surface area contributed by atoms with Crippen LogP contribution in [0.3, 0.4) is 0 Å². The Morgan fingerprint density at radius 2 is 2.00 bits per heavy atom. The highest BCUT2D eigenvalue weighted by atomic mass is 16.5. The number of hydrogen-bond acceptors (Lipinski definition) is 3. The lowest BCUT2D eigenvalue weighted by Gasteiger charge is -2.38. The van der Waals surface area contributed by atoms with Gasteiger partial charge in [-0.3, -0.25) is 9.59 Å². The molecule has 1 aliphatic heterocycles. The van der Waals surface area contributed by atoms with E-state index in [1.165, 1.54) is 4.57 Å². The molecule has 1 aromatic heterocycles. The smallest absolute Gasteiger partial charge is 0.251 e. The van der Waals surface area contributed by atoms with E-state index in [1.54, 1.807) is 12.3 Å². The monoisotopic (exact) mass is 340 g/mol. The fourth-order valence-electron chi connectivity index (χ4n) is 3.21. The summed E-state index contributed by atoms with van der Waals surface area (Å²) in [5.41, 5.74) is 3.02. The highest BCUT2D eigenvalue weighted by Gasteiger charge is 2.31. The van der Waals surface area contributed by atoms with Gasteiger partial charge in [0.1, 0.15) is 12.6 Å². The van der Waals surface area contributed by atoms with Gasteiger partial charge >= 0.3 is 0 Å². The fraction of sp³-hybridized carbons (Fsp3) is 0.400. The molecule has 1 aliphatic rings. The van der Waals surface area contributed by atoms with Crippen molar-refractivity contribution in [2.75, 3.05) is 13.2 Å². The van der Waals surface area contributed by atoms with Gasteiger partial charge in [0, 0.05) is 12.3 Å². The molecule has 0 unspecified atom stereocenters. The van der Waals surface area contributed by atoms with Crippen molar-refractivity contribution in [1.29, 1.82) is 0 Å². The van der Waals surface area contributed by atoms with Gasteiger partial charge in [-0.2, -0.15) is 0 Å². The van der Waals surface area contributed by atoms with E-state index in [1.807, 2.05) is 43.0 Å². The maximum atomic E-state index is 12.8. The summed E-state index contributed by atoms with van der Waals surface area (Å²) in [6, 6.07) is 11.5. The molecule has 132 valence electrons. The number of carbonyl (C=O) groups excluding carboxylic acids is 1. The molecule has 1 saturated heterocycles.